The van der Waals surface area contributed by atoms with E-state index in [1.807, 2.05) is 0 Å². The van der Waals surface area contributed by atoms with Crippen molar-refractivity contribution in [1.29, 1.82) is 0 Å². The van der Waals surface area contributed by atoms with Crippen LogP contribution in [0.3, 0.4) is 0 Å². The van der Waals surface area contributed by atoms with Crippen molar-refractivity contribution in [2.75, 3.05) is 14.2 Å². The van der Waals surface area contributed by atoms with Crippen molar-refractivity contribution in [3.05, 3.63) is 11.6 Å². The molecule has 0 radical (unpaired) electrons. The summed E-state index contributed by atoms with van der Waals surface area (Å²) >= 11 is 0. The zero-order valence-corrected chi connectivity index (χ0v) is 7.40. The lowest BCUT2D eigenvalue weighted by atomic mass is 10.2. The van der Waals surface area contributed by atoms with Crippen molar-refractivity contribution in [2.24, 2.45) is 0 Å². The summed E-state index contributed by atoms with van der Waals surface area (Å²) in [6, 6.07) is 0. The minimum absolute atomic E-state index is 0.0266. The van der Waals surface area contributed by atoms with Crippen LogP contribution in [0.1, 0.15) is 6.42 Å². The second-order valence-electron chi connectivity index (χ2n) is 2.11. The van der Waals surface area contributed by atoms with Crippen LogP contribution in [0.2, 0.25) is 0 Å². The van der Waals surface area contributed by atoms with Crippen LogP contribution in [0.5, 0.6) is 0 Å². The van der Waals surface area contributed by atoms with Gasteiger partial charge in [-0.1, -0.05) is 0 Å². The van der Waals surface area contributed by atoms with Crippen LogP contribution in [0.15, 0.2) is 11.6 Å². The van der Waals surface area contributed by atoms with Crippen LogP contribution in [0, 0.1) is 0 Å². The highest BCUT2D eigenvalue weighted by atomic mass is 16.5. The van der Waals surface area contributed by atoms with E-state index in [-0.39, 0.29) is 12.0 Å². The molecule has 0 aromatic rings. The normalized spacial score (nSPS) is 10.5. The van der Waals surface area contributed by atoms with Crippen LogP contribution >= 0.6 is 0 Å². The van der Waals surface area contributed by atoms with Gasteiger partial charge in [0.1, 0.15) is 6.29 Å². The minimum atomic E-state index is -0.675. The summed E-state index contributed by atoms with van der Waals surface area (Å²) in [5.74, 6) is -1.26. The van der Waals surface area contributed by atoms with E-state index in [1.165, 1.54) is 14.2 Å². The van der Waals surface area contributed by atoms with Crippen molar-refractivity contribution in [2.45, 2.75) is 6.42 Å². The fourth-order valence-corrected chi connectivity index (χ4v) is 0.576. The first kappa shape index (κ1) is 11.4. The highest BCUT2D eigenvalue weighted by Gasteiger charge is 2.06. The van der Waals surface area contributed by atoms with E-state index in [2.05, 4.69) is 9.47 Å². The van der Waals surface area contributed by atoms with E-state index in [1.54, 1.807) is 0 Å². The van der Waals surface area contributed by atoms with E-state index in [0.717, 1.165) is 6.08 Å². The van der Waals surface area contributed by atoms with Crippen molar-refractivity contribution in [3.63, 3.8) is 0 Å². The Morgan fingerprint density at radius 3 is 2.23 bits per heavy atom. The zero-order valence-electron chi connectivity index (χ0n) is 7.40. The Bertz CT molecular complexity index is 241. The monoisotopic (exact) mass is 186 g/mol. The van der Waals surface area contributed by atoms with Gasteiger partial charge in [0.15, 0.2) is 0 Å². The molecular formula is C8H10O5. The Balaban J connectivity index is 4.33. The molecule has 0 rings (SSSR count). The van der Waals surface area contributed by atoms with Crippen LogP contribution in [-0.2, 0) is 23.9 Å². The molecule has 0 aliphatic carbocycles. The third kappa shape index (κ3) is 4.73. The molecule has 0 aromatic carbocycles. The molecule has 0 aromatic heterocycles. The SMILES string of the molecule is COC(=O)/C=C(/C=O)CC(=O)OC. The zero-order chi connectivity index (χ0) is 10.3. The number of aldehydes is 1. The summed E-state index contributed by atoms with van der Waals surface area (Å²) in [6.07, 6.45) is 1.13. The van der Waals surface area contributed by atoms with Gasteiger partial charge in [-0.15, -0.1) is 0 Å². The molecule has 0 unspecified atom stereocenters. The van der Waals surface area contributed by atoms with Crippen LogP contribution in [0.4, 0.5) is 0 Å². The predicted octanol–water partition coefficient (Wildman–Crippen LogP) is -0.152. The molecule has 0 spiro atoms. The van der Waals surface area contributed by atoms with E-state index in [9.17, 15) is 14.4 Å². The van der Waals surface area contributed by atoms with Gasteiger partial charge in [-0.2, -0.15) is 0 Å². The Labute approximate surface area is 75.3 Å². The van der Waals surface area contributed by atoms with Gasteiger partial charge in [0.2, 0.25) is 0 Å². The molecule has 5 nitrogen and oxygen atoms in total. The summed E-state index contributed by atoms with van der Waals surface area (Å²) in [7, 11) is 2.38. The number of rotatable bonds is 4. The molecule has 0 saturated carbocycles. The largest absolute Gasteiger partial charge is 0.469 e. The molecule has 0 atom stereocenters. The molecule has 5 heteroatoms. The van der Waals surface area contributed by atoms with Gasteiger partial charge in [-0.25, -0.2) is 4.79 Å². The Morgan fingerprint density at radius 2 is 1.85 bits per heavy atom. The third-order valence-corrected chi connectivity index (χ3v) is 1.23. The maximum absolute atomic E-state index is 10.7. The lowest BCUT2D eigenvalue weighted by Crippen LogP contribution is -2.05. The molecule has 0 heterocycles. The molecule has 13 heavy (non-hydrogen) atoms. The Morgan fingerprint density at radius 1 is 1.23 bits per heavy atom. The fourth-order valence-electron chi connectivity index (χ4n) is 0.576. The van der Waals surface area contributed by atoms with Crippen molar-refractivity contribution in [3.8, 4) is 0 Å². The molecular weight excluding hydrogens is 176 g/mol. The number of carbonyl (C=O) groups excluding carboxylic acids is 3. The summed E-state index contributed by atoms with van der Waals surface area (Å²) in [5.41, 5.74) is 0.0266. The van der Waals surface area contributed by atoms with E-state index in [4.69, 9.17) is 0 Å². The van der Waals surface area contributed by atoms with Gasteiger partial charge in [-0.3, -0.25) is 9.59 Å². The highest BCUT2D eigenvalue weighted by molar-refractivity contribution is 5.93. The molecule has 0 saturated heterocycles. The summed E-state index contributed by atoms with van der Waals surface area (Å²) in [5, 5.41) is 0. The molecule has 0 fully saturated rings. The van der Waals surface area contributed by atoms with Gasteiger partial charge < -0.3 is 9.47 Å². The third-order valence-electron chi connectivity index (χ3n) is 1.23. The molecule has 0 N–H and O–H groups in total. The molecule has 0 bridgehead atoms. The lowest BCUT2D eigenvalue weighted by Gasteiger charge is -1.97. The second kappa shape index (κ2) is 5.93. The van der Waals surface area contributed by atoms with Gasteiger partial charge in [0.05, 0.1) is 20.6 Å². The van der Waals surface area contributed by atoms with E-state index < -0.39 is 11.9 Å². The van der Waals surface area contributed by atoms with Crippen molar-refractivity contribution < 1.29 is 23.9 Å². The van der Waals surface area contributed by atoms with Crippen LogP contribution in [-0.4, -0.2) is 32.4 Å². The van der Waals surface area contributed by atoms with Gasteiger partial charge >= 0.3 is 11.9 Å². The Kier molecular flexibility index (Phi) is 5.18. The quantitative estimate of drug-likeness (QED) is 0.347. The standard InChI is InChI=1S/C8H10O5/c1-12-7(10)3-6(5-9)4-8(11)13-2/h3,5H,4H2,1-2H3/b6-3+. The summed E-state index contributed by atoms with van der Waals surface area (Å²) in [6.45, 7) is 0. The number of carbonyl (C=O) groups is 3. The highest BCUT2D eigenvalue weighted by Crippen LogP contribution is 1.99. The number of hydrogen-bond acceptors (Lipinski definition) is 5. The number of ether oxygens (including phenoxy) is 2. The molecule has 0 amide bonds. The molecule has 72 valence electrons. The van der Waals surface area contributed by atoms with Gasteiger partial charge in [0.25, 0.3) is 0 Å². The Hall–Kier alpha value is -1.65. The van der Waals surface area contributed by atoms with E-state index >= 15 is 0 Å². The molecule has 0 aliphatic heterocycles. The first-order valence-electron chi connectivity index (χ1n) is 3.44. The maximum Gasteiger partial charge on any atom is 0.330 e. The number of methoxy groups -OCH3 is 2. The molecule has 0 aliphatic rings. The second-order valence-corrected chi connectivity index (χ2v) is 2.11. The average Bonchev–Trinajstić information content (AvgIpc) is 2.16. The number of esters is 2. The van der Waals surface area contributed by atoms with Crippen LogP contribution < -0.4 is 0 Å². The van der Waals surface area contributed by atoms with Gasteiger partial charge in [0, 0.05) is 11.6 Å². The summed E-state index contributed by atoms with van der Waals surface area (Å²) < 4.78 is 8.58. The average molecular weight is 186 g/mol. The van der Waals surface area contributed by atoms with Gasteiger partial charge in [-0.05, 0) is 0 Å². The topological polar surface area (TPSA) is 69.7 Å². The van der Waals surface area contributed by atoms with Crippen molar-refractivity contribution >= 4 is 18.2 Å². The van der Waals surface area contributed by atoms with E-state index in [0.29, 0.717) is 6.29 Å². The summed E-state index contributed by atoms with van der Waals surface area (Å²) in [4.78, 5) is 31.6. The van der Waals surface area contributed by atoms with Crippen LogP contribution in [0.25, 0.3) is 0 Å². The van der Waals surface area contributed by atoms with Crippen molar-refractivity contribution in [1.82, 2.24) is 0 Å². The number of hydrogen-bond donors (Lipinski definition) is 0. The maximum atomic E-state index is 10.7. The predicted molar refractivity (Wildman–Crippen MR) is 42.8 cm³/mol. The smallest absolute Gasteiger partial charge is 0.330 e. The first-order valence-corrected chi connectivity index (χ1v) is 3.44. The first-order chi connectivity index (χ1) is 6.13. The fraction of sp³-hybridized carbons (Fsp3) is 0.375. The lowest BCUT2D eigenvalue weighted by molar-refractivity contribution is -0.140. The minimum Gasteiger partial charge on any atom is -0.469 e.